The van der Waals surface area contributed by atoms with Crippen molar-refractivity contribution < 1.29 is 9.84 Å². The Morgan fingerprint density at radius 2 is 2.19 bits per heavy atom. The lowest BCUT2D eigenvalue weighted by atomic mass is 10.0. The predicted molar refractivity (Wildman–Crippen MR) is 66.1 cm³/mol. The first-order valence-corrected chi connectivity index (χ1v) is 5.75. The van der Waals surface area contributed by atoms with Crippen molar-refractivity contribution >= 4 is 11.6 Å². The van der Waals surface area contributed by atoms with Gasteiger partial charge in [0.1, 0.15) is 5.75 Å². The van der Waals surface area contributed by atoms with Crippen molar-refractivity contribution in [2.45, 2.75) is 26.0 Å². The Kier molecular flexibility index (Phi) is 5.06. The third-order valence-corrected chi connectivity index (χ3v) is 2.82. The molecule has 0 saturated heterocycles. The van der Waals surface area contributed by atoms with E-state index in [1.165, 1.54) is 0 Å². The molecule has 0 heterocycles. The number of aliphatic hydroxyl groups is 1. The van der Waals surface area contributed by atoms with Gasteiger partial charge in [-0.25, -0.2) is 0 Å². The number of halogens is 1. The number of benzene rings is 1. The van der Waals surface area contributed by atoms with Crippen LogP contribution in [0.1, 0.15) is 25.5 Å². The summed E-state index contributed by atoms with van der Waals surface area (Å²) < 4.78 is 5.33. The highest BCUT2D eigenvalue weighted by Gasteiger charge is 2.15. The fourth-order valence-corrected chi connectivity index (χ4v) is 1.66. The predicted octanol–water partition coefficient (Wildman–Crippen LogP) is 2.38. The Morgan fingerprint density at radius 1 is 1.50 bits per heavy atom. The van der Waals surface area contributed by atoms with Crippen LogP contribution in [0.3, 0.4) is 0 Å². The van der Waals surface area contributed by atoms with Gasteiger partial charge in [-0.3, -0.25) is 0 Å². The zero-order valence-corrected chi connectivity index (χ0v) is 10.6. The molecular weight excluding hydrogens is 226 g/mol. The lowest BCUT2D eigenvalue weighted by molar-refractivity contribution is 0.140. The van der Waals surface area contributed by atoms with Gasteiger partial charge >= 0.3 is 0 Å². The molecule has 3 nitrogen and oxygen atoms in total. The van der Waals surface area contributed by atoms with E-state index in [-0.39, 0.29) is 6.04 Å². The molecule has 0 fully saturated rings. The number of rotatable bonds is 5. The number of likely N-dealkylation sites (N-methyl/N-ethyl adjacent to an activating group) is 1. The van der Waals surface area contributed by atoms with E-state index in [2.05, 4.69) is 5.32 Å². The van der Waals surface area contributed by atoms with Gasteiger partial charge < -0.3 is 15.2 Å². The third-order valence-electron chi connectivity index (χ3n) is 2.53. The van der Waals surface area contributed by atoms with Crippen molar-refractivity contribution in [3.8, 4) is 5.75 Å². The van der Waals surface area contributed by atoms with Crippen LogP contribution >= 0.6 is 11.6 Å². The molecule has 0 radical (unpaired) electrons. The highest BCUT2D eigenvalue weighted by molar-refractivity contribution is 6.32. The van der Waals surface area contributed by atoms with E-state index >= 15 is 0 Å². The highest BCUT2D eigenvalue weighted by atomic mass is 35.5. The molecule has 0 amide bonds. The Labute approximate surface area is 101 Å². The van der Waals surface area contributed by atoms with E-state index in [9.17, 15) is 5.11 Å². The molecule has 90 valence electrons. The maximum atomic E-state index is 9.97. The summed E-state index contributed by atoms with van der Waals surface area (Å²) in [4.78, 5) is 0. The molecule has 1 aromatic carbocycles. The largest absolute Gasteiger partial charge is 0.492 e. The van der Waals surface area contributed by atoms with Crippen molar-refractivity contribution in [1.29, 1.82) is 0 Å². The van der Waals surface area contributed by atoms with Gasteiger partial charge in [0.25, 0.3) is 0 Å². The summed E-state index contributed by atoms with van der Waals surface area (Å²) in [5, 5.41) is 13.5. The summed E-state index contributed by atoms with van der Waals surface area (Å²) in [5.41, 5.74) is 0.787. The smallest absolute Gasteiger partial charge is 0.137 e. The summed E-state index contributed by atoms with van der Waals surface area (Å²) in [6, 6.07) is 5.33. The first-order chi connectivity index (χ1) is 7.60. The van der Waals surface area contributed by atoms with E-state index in [0.717, 1.165) is 5.56 Å². The van der Waals surface area contributed by atoms with Crippen LogP contribution in [0.5, 0.6) is 5.75 Å². The summed E-state index contributed by atoms with van der Waals surface area (Å²) in [6.07, 6.45) is -0.571. The second kappa shape index (κ2) is 6.09. The van der Waals surface area contributed by atoms with Crippen LogP contribution in [0.4, 0.5) is 0 Å². The summed E-state index contributed by atoms with van der Waals surface area (Å²) in [5.74, 6) is 0.650. The average Bonchev–Trinajstić information content (AvgIpc) is 2.30. The molecule has 0 bridgehead atoms. The Morgan fingerprint density at radius 3 is 2.69 bits per heavy atom. The van der Waals surface area contributed by atoms with Crippen molar-refractivity contribution in [3.05, 3.63) is 28.8 Å². The summed E-state index contributed by atoms with van der Waals surface area (Å²) in [7, 11) is 1.81. The molecule has 2 atom stereocenters. The standard InChI is InChI=1S/C12H18ClNO2/c1-4-16-11-6-5-9(7-10(11)13)12(15)8(2)14-3/h5-8,12,14-15H,4H2,1-3H3. The molecule has 2 unspecified atom stereocenters. The first-order valence-electron chi connectivity index (χ1n) is 5.37. The van der Waals surface area contributed by atoms with Crippen molar-refractivity contribution in [3.63, 3.8) is 0 Å². The Bertz CT molecular complexity index is 344. The summed E-state index contributed by atoms with van der Waals surface area (Å²) in [6.45, 7) is 4.39. The van der Waals surface area contributed by atoms with Gasteiger partial charge in [0.05, 0.1) is 17.7 Å². The van der Waals surface area contributed by atoms with Gasteiger partial charge in [-0.1, -0.05) is 17.7 Å². The van der Waals surface area contributed by atoms with E-state index in [1.54, 1.807) is 12.1 Å². The fourth-order valence-electron chi connectivity index (χ4n) is 1.42. The molecule has 0 aliphatic carbocycles. The zero-order valence-electron chi connectivity index (χ0n) is 9.83. The maximum Gasteiger partial charge on any atom is 0.137 e. The average molecular weight is 244 g/mol. The second-order valence-electron chi connectivity index (χ2n) is 3.65. The molecule has 0 aromatic heterocycles. The zero-order chi connectivity index (χ0) is 12.1. The van der Waals surface area contributed by atoms with E-state index in [0.29, 0.717) is 17.4 Å². The van der Waals surface area contributed by atoms with Crippen LogP contribution in [0.25, 0.3) is 0 Å². The molecule has 2 N–H and O–H groups in total. The molecule has 16 heavy (non-hydrogen) atoms. The minimum absolute atomic E-state index is 0.0194. The van der Waals surface area contributed by atoms with Crippen LogP contribution in [-0.4, -0.2) is 24.8 Å². The molecule has 1 rings (SSSR count). The topological polar surface area (TPSA) is 41.5 Å². The van der Waals surface area contributed by atoms with Gasteiger partial charge in [-0.2, -0.15) is 0 Å². The molecule has 0 saturated carbocycles. The van der Waals surface area contributed by atoms with Crippen LogP contribution in [-0.2, 0) is 0 Å². The Hall–Kier alpha value is -0.770. The van der Waals surface area contributed by atoms with Gasteiger partial charge in [0.2, 0.25) is 0 Å². The van der Waals surface area contributed by atoms with Gasteiger partial charge in [-0.05, 0) is 38.6 Å². The van der Waals surface area contributed by atoms with Crippen LogP contribution in [0.15, 0.2) is 18.2 Å². The summed E-state index contributed by atoms with van der Waals surface area (Å²) >= 11 is 6.04. The molecule has 0 aliphatic rings. The maximum absolute atomic E-state index is 9.97. The molecule has 0 spiro atoms. The Balaban J connectivity index is 2.87. The van der Waals surface area contributed by atoms with Crippen LogP contribution in [0.2, 0.25) is 5.02 Å². The number of ether oxygens (including phenoxy) is 1. The number of hydrogen-bond donors (Lipinski definition) is 2. The molecule has 1 aromatic rings. The third kappa shape index (κ3) is 3.11. The van der Waals surface area contributed by atoms with Gasteiger partial charge in [0.15, 0.2) is 0 Å². The number of nitrogens with one attached hydrogen (secondary N) is 1. The molecular formula is C12H18ClNO2. The van der Waals surface area contributed by atoms with Crippen molar-refractivity contribution in [2.75, 3.05) is 13.7 Å². The monoisotopic (exact) mass is 243 g/mol. The van der Waals surface area contributed by atoms with Crippen molar-refractivity contribution in [1.82, 2.24) is 5.32 Å². The SMILES string of the molecule is CCOc1ccc(C(O)C(C)NC)cc1Cl. The van der Waals surface area contributed by atoms with E-state index in [4.69, 9.17) is 16.3 Å². The quantitative estimate of drug-likeness (QED) is 0.835. The highest BCUT2D eigenvalue weighted by Crippen LogP contribution is 2.28. The minimum atomic E-state index is -0.571. The number of aliphatic hydroxyl groups excluding tert-OH is 1. The lowest BCUT2D eigenvalue weighted by Gasteiger charge is -2.19. The molecule has 0 aliphatic heterocycles. The van der Waals surface area contributed by atoms with E-state index < -0.39 is 6.10 Å². The van der Waals surface area contributed by atoms with Crippen molar-refractivity contribution in [2.24, 2.45) is 0 Å². The number of hydrogen-bond acceptors (Lipinski definition) is 3. The van der Waals surface area contributed by atoms with Crippen LogP contribution in [0, 0.1) is 0 Å². The van der Waals surface area contributed by atoms with Gasteiger partial charge in [-0.15, -0.1) is 0 Å². The normalized spacial score (nSPS) is 14.6. The fraction of sp³-hybridized carbons (Fsp3) is 0.500. The minimum Gasteiger partial charge on any atom is -0.492 e. The lowest BCUT2D eigenvalue weighted by Crippen LogP contribution is -2.28. The molecule has 4 heteroatoms. The first kappa shape index (κ1) is 13.3. The van der Waals surface area contributed by atoms with Crippen LogP contribution < -0.4 is 10.1 Å². The second-order valence-corrected chi connectivity index (χ2v) is 4.05. The van der Waals surface area contributed by atoms with E-state index in [1.807, 2.05) is 27.0 Å². The van der Waals surface area contributed by atoms with Gasteiger partial charge in [0, 0.05) is 6.04 Å².